The van der Waals surface area contributed by atoms with Crippen molar-refractivity contribution in [2.24, 2.45) is 0 Å². The van der Waals surface area contributed by atoms with E-state index in [2.05, 4.69) is 60.5 Å². The number of aromatic nitrogens is 3. The molecule has 0 amide bonds. The smallest absolute Gasteiger partial charge is 0.188 e. The quantitative estimate of drug-likeness (QED) is 0.615. The van der Waals surface area contributed by atoms with Crippen molar-refractivity contribution >= 4 is 33.8 Å². The number of piperazine rings is 2. The second-order valence-electron chi connectivity index (χ2n) is 8.44. The Hall–Kier alpha value is -2.75. The van der Waals surface area contributed by atoms with Gasteiger partial charge in [0.25, 0.3) is 0 Å². The van der Waals surface area contributed by atoms with Gasteiger partial charge in [0.05, 0.1) is 4.88 Å². The van der Waals surface area contributed by atoms with Crippen molar-refractivity contribution in [2.75, 3.05) is 74.5 Å². The Labute approximate surface area is 193 Å². The molecule has 32 heavy (non-hydrogen) atoms. The topological polar surface area (TPSA) is 72.5 Å². The molecule has 168 valence electrons. The Kier molecular flexibility index (Phi) is 6.20. The lowest BCUT2D eigenvalue weighted by molar-refractivity contribution is 0.313. The summed E-state index contributed by atoms with van der Waals surface area (Å²) in [6, 6.07) is 8.52. The Morgan fingerprint density at radius 3 is 2.56 bits per heavy atom. The molecule has 3 aromatic rings. The number of anilines is 4. The summed E-state index contributed by atoms with van der Waals surface area (Å²) in [5.41, 5.74) is 3.38. The highest BCUT2D eigenvalue weighted by atomic mass is 32.1. The summed E-state index contributed by atoms with van der Waals surface area (Å²) in [5.74, 6) is 1.88. The number of rotatable bonds is 5. The number of likely N-dealkylation sites (N-methyl/N-ethyl adjacent to an activating group) is 1. The van der Waals surface area contributed by atoms with Crippen molar-refractivity contribution in [1.82, 2.24) is 25.2 Å². The van der Waals surface area contributed by atoms with Crippen molar-refractivity contribution in [3.63, 3.8) is 0 Å². The van der Waals surface area contributed by atoms with E-state index in [0.717, 1.165) is 85.3 Å². The third-order valence-corrected chi connectivity index (χ3v) is 6.99. The van der Waals surface area contributed by atoms with Crippen LogP contribution in [-0.4, -0.2) is 79.3 Å². The maximum atomic E-state index is 4.96. The first-order chi connectivity index (χ1) is 15.6. The van der Waals surface area contributed by atoms with E-state index in [1.54, 1.807) is 11.3 Å². The molecule has 0 atom stereocenters. The molecule has 0 saturated carbocycles. The van der Waals surface area contributed by atoms with Gasteiger partial charge in [-0.05, 0) is 31.7 Å². The van der Waals surface area contributed by atoms with E-state index < -0.39 is 0 Å². The molecule has 2 aliphatic heterocycles. The van der Waals surface area contributed by atoms with Crippen molar-refractivity contribution in [2.45, 2.75) is 6.92 Å². The zero-order chi connectivity index (χ0) is 21.9. The fraction of sp³-hybridized carbons (Fsp3) is 0.435. The van der Waals surface area contributed by atoms with Gasteiger partial charge in [-0.15, -0.1) is 0 Å². The molecule has 3 aromatic heterocycles. The molecule has 2 aliphatic rings. The average molecular weight is 451 g/mol. The molecular formula is C23H30N8S. The molecule has 9 heteroatoms. The van der Waals surface area contributed by atoms with Gasteiger partial charge in [0.1, 0.15) is 11.6 Å². The van der Waals surface area contributed by atoms with Crippen LogP contribution in [0, 0.1) is 6.92 Å². The van der Waals surface area contributed by atoms with Crippen LogP contribution in [0.25, 0.3) is 10.4 Å². The molecule has 5 heterocycles. The second kappa shape index (κ2) is 9.40. The van der Waals surface area contributed by atoms with E-state index in [4.69, 9.17) is 4.98 Å². The van der Waals surface area contributed by atoms with E-state index >= 15 is 0 Å². The molecule has 5 rings (SSSR count). The molecular weight excluding hydrogens is 420 g/mol. The van der Waals surface area contributed by atoms with Crippen LogP contribution in [0.5, 0.6) is 0 Å². The van der Waals surface area contributed by atoms with Crippen molar-refractivity contribution in [3.05, 3.63) is 42.4 Å². The minimum absolute atomic E-state index is 0.849. The Bertz CT molecular complexity index is 1050. The fourth-order valence-corrected chi connectivity index (χ4v) is 4.96. The first kappa shape index (κ1) is 21.1. The number of aryl methyl sites for hydroxylation is 1. The molecule has 8 nitrogen and oxygen atoms in total. The molecule has 0 spiro atoms. The molecule has 0 bridgehead atoms. The van der Waals surface area contributed by atoms with Gasteiger partial charge in [0.2, 0.25) is 0 Å². The zero-order valence-electron chi connectivity index (χ0n) is 18.7. The number of thiazole rings is 1. The van der Waals surface area contributed by atoms with Gasteiger partial charge in [-0.2, -0.15) is 0 Å². The number of nitrogens with zero attached hydrogens (tertiary/aromatic N) is 6. The van der Waals surface area contributed by atoms with E-state index in [0.29, 0.717) is 0 Å². The van der Waals surface area contributed by atoms with Crippen LogP contribution in [0.2, 0.25) is 0 Å². The highest BCUT2D eigenvalue weighted by molar-refractivity contribution is 7.18. The van der Waals surface area contributed by atoms with E-state index in [1.807, 2.05) is 25.4 Å². The summed E-state index contributed by atoms with van der Waals surface area (Å²) in [5, 5.41) is 7.76. The van der Waals surface area contributed by atoms with Crippen molar-refractivity contribution in [3.8, 4) is 10.4 Å². The molecule has 0 unspecified atom stereocenters. The Morgan fingerprint density at radius 1 is 0.969 bits per heavy atom. The molecule has 0 aliphatic carbocycles. The van der Waals surface area contributed by atoms with Gasteiger partial charge in [0, 0.05) is 88.3 Å². The van der Waals surface area contributed by atoms with Crippen LogP contribution in [-0.2, 0) is 0 Å². The minimum atomic E-state index is 0.849. The van der Waals surface area contributed by atoms with Gasteiger partial charge in [-0.1, -0.05) is 11.3 Å². The monoisotopic (exact) mass is 450 g/mol. The zero-order valence-corrected chi connectivity index (χ0v) is 19.5. The summed E-state index contributed by atoms with van der Waals surface area (Å²) >= 11 is 1.64. The summed E-state index contributed by atoms with van der Waals surface area (Å²) in [7, 11) is 2.19. The van der Waals surface area contributed by atoms with Gasteiger partial charge in [0.15, 0.2) is 5.13 Å². The highest BCUT2D eigenvalue weighted by Gasteiger charge is 2.19. The third kappa shape index (κ3) is 4.85. The fourth-order valence-electron chi connectivity index (χ4n) is 4.14. The van der Waals surface area contributed by atoms with Gasteiger partial charge < -0.3 is 25.3 Å². The summed E-state index contributed by atoms with van der Waals surface area (Å²) in [6.45, 7) is 10.2. The van der Waals surface area contributed by atoms with Crippen LogP contribution >= 0.6 is 11.3 Å². The minimum Gasteiger partial charge on any atom is -0.369 e. The lowest BCUT2D eigenvalue weighted by atomic mass is 10.2. The number of pyridine rings is 2. The maximum Gasteiger partial charge on any atom is 0.188 e. The highest BCUT2D eigenvalue weighted by Crippen LogP contribution is 2.32. The Morgan fingerprint density at radius 2 is 1.78 bits per heavy atom. The Balaban J connectivity index is 1.41. The van der Waals surface area contributed by atoms with Crippen LogP contribution in [0.15, 0.2) is 36.7 Å². The van der Waals surface area contributed by atoms with Crippen molar-refractivity contribution in [1.29, 1.82) is 0 Å². The van der Waals surface area contributed by atoms with E-state index in [1.165, 1.54) is 5.69 Å². The SMILES string of the molecule is Cc1cc(-c2cnc(Nc3cc(N4CCN(C)CC4)cc(N4CCNCC4)n3)s2)ccn1. The van der Waals surface area contributed by atoms with E-state index in [9.17, 15) is 0 Å². The molecule has 2 N–H and O–H groups in total. The molecule has 0 radical (unpaired) electrons. The number of nitrogens with one attached hydrogen (secondary N) is 2. The largest absolute Gasteiger partial charge is 0.369 e. The van der Waals surface area contributed by atoms with Crippen LogP contribution < -0.4 is 20.4 Å². The molecule has 2 fully saturated rings. The summed E-state index contributed by atoms with van der Waals surface area (Å²) < 4.78 is 0. The lowest BCUT2D eigenvalue weighted by Gasteiger charge is -2.35. The van der Waals surface area contributed by atoms with Gasteiger partial charge >= 0.3 is 0 Å². The number of hydrogen-bond donors (Lipinski definition) is 2. The number of hydrogen-bond acceptors (Lipinski definition) is 9. The average Bonchev–Trinajstić information content (AvgIpc) is 3.28. The van der Waals surface area contributed by atoms with Gasteiger partial charge in [-0.25, -0.2) is 9.97 Å². The van der Waals surface area contributed by atoms with Gasteiger partial charge in [-0.3, -0.25) is 4.98 Å². The summed E-state index contributed by atoms with van der Waals surface area (Å²) in [6.07, 6.45) is 3.77. The van der Waals surface area contributed by atoms with Crippen LogP contribution in [0.3, 0.4) is 0 Å². The predicted octanol–water partition coefficient (Wildman–Crippen LogP) is 2.81. The standard InChI is InChI=1S/C23H30N8S/c1-17-13-18(3-4-25-17)20-16-26-23(32-20)28-21-14-19(30-11-9-29(2)10-12-30)15-22(27-21)31-7-5-24-6-8-31/h3-4,13-16,24H,5-12H2,1-2H3,(H,26,27,28). The maximum absolute atomic E-state index is 4.96. The van der Waals surface area contributed by atoms with Crippen LogP contribution in [0.1, 0.15) is 5.69 Å². The van der Waals surface area contributed by atoms with Crippen LogP contribution in [0.4, 0.5) is 22.5 Å². The summed E-state index contributed by atoms with van der Waals surface area (Å²) in [4.78, 5) is 22.2. The second-order valence-corrected chi connectivity index (χ2v) is 9.47. The van der Waals surface area contributed by atoms with E-state index in [-0.39, 0.29) is 0 Å². The normalized spacial score (nSPS) is 17.6. The predicted molar refractivity (Wildman–Crippen MR) is 132 cm³/mol. The van der Waals surface area contributed by atoms with Crippen molar-refractivity contribution < 1.29 is 0 Å². The lowest BCUT2D eigenvalue weighted by Crippen LogP contribution is -2.45. The molecule has 2 saturated heterocycles. The first-order valence-corrected chi connectivity index (χ1v) is 12.0. The molecule has 0 aromatic carbocycles. The first-order valence-electron chi connectivity index (χ1n) is 11.2. The third-order valence-electron chi connectivity index (χ3n) is 6.03.